The minimum atomic E-state index is -0.688. The van der Waals surface area contributed by atoms with Gasteiger partial charge in [-0.15, -0.1) is 0 Å². The average Bonchev–Trinajstić information content (AvgIpc) is 3.22. The third-order valence-electron chi connectivity index (χ3n) is 4.43. The van der Waals surface area contributed by atoms with Crippen molar-refractivity contribution in [2.24, 2.45) is 0 Å². The van der Waals surface area contributed by atoms with Crippen LogP contribution >= 0.6 is 24.2 Å². The van der Waals surface area contributed by atoms with Crippen molar-refractivity contribution in [2.45, 2.75) is 0 Å². The topological polar surface area (TPSA) is 71.5 Å². The number of ether oxygens (including phenoxy) is 1. The summed E-state index contributed by atoms with van der Waals surface area (Å²) in [5.74, 6) is 0.0737. The molecule has 4 rings (SSSR count). The van der Waals surface area contributed by atoms with E-state index in [1.807, 2.05) is 42.5 Å². The fourth-order valence-electron chi connectivity index (χ4n) is 2.99. The summed E-state index contributed by atoms with van der Waals surface area (Å²) in [4.78, 5) is 29.5. The Kier molecular flexibility index (Phi) is 5.69. The highest BCUT2D eigenvalue weighted by molar-refractivity contribution is 7.79. The van der Waals surface area contributed by atoms with Gasteiger partial charge in [-0.25, -0.2) is 14.1 Å². The Morgan fingerprint density at radius 2 is 1.67 bits per heavy atom. The van der Waals surface area contributed by atoms with Crippen LogP contribution in [0.1, 0.15) is 10.4 Å². The van der Waals surface area contributed by atoms with Crippen molar-refractivity contribution in [3.63, 3.8) is 0 Å². The number of thiazole rings is 1. The molecule has 0 aliphatic heterocycles. The molecule has 0 saturated heterocycles. The van der Waals surface area contributed by atoms with E-state index in [1.54, 1.807) is 37.4 Å². The number of carbonyl (C=O) groups excluding carboxylic acids is 2. The highest BCUT2D eigenvalue weighted by Gasteiger charge is 2.22. The molecule has 0 aliphatic carbocycles. The summed E-state index contributed by atoms with van der Waals surface area (Å²) in [5.41, 5.74) is 3.01. The van der Waals surface area contributed by atoms with Gasteiger partial charge in [0.2, 0.25) is 0 Å². The number of hydrogen-bond acceptors (Lipinski definition) is 6. The van der Waals surface area contributed by atoms with Crippen LogP contribution in [-0.4, -0.2) is 28.3 Å². The first-order valence-corrected chi connectivity index (χ1v) is 10.2. The number of nitrogens with zero attached hydrogens (tertiary/aromatic N) is 2. The first kappa shape index (κ1) is 19.9. The van der Waals surface area contributed by atoms with Crippen LogP contribution < -0.4 is 10.1 Å². The first-order chi connectivity index (χ1) is 14.6. The smallest absolute Gasteiger partial charge is 0.340 e. The van der Waals surface area contributed by atoms with Crippen LogP contribution in [0.4, 0.5) is 9.93 Å². The lowest BCUT2D eigenvalue weighted by Crippen LogP contribution is -2.32. The van der Waals surface area contributed by atoms with Crippen LogP contribution in [0.25, 0.3) is 21.3 Å². The number of hydrogen-bond donors (Lipinski definition) is 2. The van der Waals surface area contributed by atoms with E-state index in [9.17, 15) is 9.59 Å². The van der Waals surface area contributed by atoms with E-state index in [2.05, 4.69) is 23.1 Å². The molecule has 0 aliphatic rings. The van der Waals surface area contributed by atoms with E-state index in [1.165, 1.54) is 11.3 Å². The molecule has 4 aromatic rings. The largest absolute Gasteiger partial charge is 0.494 e. The Balaban J connectivity index is 1.65. The standard InChI is InChI=1S/C22H17N3O3S2/c1-28-17-13-12-16(14-8-4-2-5-9-14)19-18(17)23-21(30-19)24-22(27)25(29)20(26)15-10-6-3-7-11-15/h2-13,29H,1H3,(H,23,24,27). The maximum Gasteiger partial charge on any atom is 0.340 e. The second kappa shape index (κ2) is 8.56. The third kappa shape index (κ3) is 3.87. The second-order valence-electron chi connectivity index (χ2n) is 6.29. The summed E-state index contributed by atoms with van der Waals surface area (Å²) in [7, 11) is 1.57. The van der Waals surface area contributed by atoms with Gasteiger partial charge in [-0.2, -0.15) is 0 Å². The van der Waals surface area contributed by atoms with E-state index in [-0.39, 0.29) is 0 Å². The molecule has 150 valence electrons. The summed E-state index contributed by atoms with van der Waals surface area (Å²) in [5, 5.41) is 3.00. The monoisotopic (exact) mass is 435 g/mol. The number of benzene rings is 3. The van der Waals surface area contributed by atoms with Crippen molar-refractivity contribution >= 4 is 51.4 Å². The number of nitrogens with one attached hydrogen (secondary N) is 1. The number of aromatic nitrogens is 1. The molecule has 6 nitrogen and oxygen atoms in total. The van der Waals surface area contributed by atoms with Gasteiger partial charge in [0.1, 0.15) is 11.3 Å². The van der Waals surface area contributed by atoms with Gasteiger partial charge in [0, 0.05) is 11.1 Å². The molecule has 1 N–H and O–H groups in total. The number of amides is 3. The fraction of sp³-hybridized carbons (Fsp3) is 0.0455. The van der Waals surface area contributed by atoms with E-state index < -0.39 is 11.9 Å². The predicted molar refractivity (Wildman–Crippen MR) is 122 cm³/mol. The van der Waals surface area contributed by atoms with Crippen molar-refractivity contribution in [3.8, 4) is 16.9 Å². The Bertz CT molecular complexity index is 1210. The van der Waals surface area contributed by atoms with Crippen LogP contribution in [0.3, 0.4) is 0 Å². The molecular weight excluding hydrogens is 418 g/mol. The molecule has 3 amide bonds. The molecule has 1 heterocycles. The van der Waals surface area contributed by atoms with Gasteiger partial charge in [0.25, 0.3) is 5.91 Å². The number of anilines is 1. The van der Waals surface area contributed by atoms with E-state index in [0.29, 0.717) is 22.0 Å². The van der Waals surface area contributed by atoms with Gasteiger partial charge in [0.05, 0.1) is 11.8 Å². The maximum absolute atomic E-state index is 12.6. The highest BCUT2D eigenvalue weighted by atomic mass is 32.1. The number of carbonyl (C=O) groups is 2. The van der Waals surface area contributed by atoms with Crippen LogP contribution in [0.5, 0.6) is 5.75 Å². The molecule has 3 aromatic carbocycles. The number of fused-ring (bicyclic) bond motifs is 1. The zero-order chi connectivity index (χ0) is 21.1. The average molecular weight is 436 g/mol. The van der Waals surface area contributed by atoms with Gasteiger partial charge >= 0.3 is 6.03 Å². The highest BCUT2D eigenvalue weighted by Crippen LogP contribution is 2.39. The SMILES string of the molecule is COc1ccc(-c2ccccc2)c2sc(NC(=O)N(S)C(=O)c3ccccc3)nc12. The van der Waals surface area contributed by atoms with E-state index >= 15 is 0 Å². The first-order valence-electron chi connectivity index (χ1n) is 9.01. The van der Waals surface area contributed by atoms with Gasteiger partial charge in [-0.3, -0.25) is 10.1 Å². The molecule has 0 bridgehead atoms. The van der Waals surface area contributed by atoms with Crippen LogP contribution in [-0.2, 0) is 0 Å². The van der Waals surface area contributed by atoms with Crippen molar-refractivity contribution in [3.05, 3.63) is 78.4 Å². The predicted octanol–water partition coefficient (Wildman–Crippen LogP) is 5.49. The minimum Gasteiger partial charge on any atom is -0.494 e. The fourth-order valence-corrected chi connectivity index (χ4v) is 4.16. The van der Waals surface area contributed by atoms with Crippen molar-refractivity contribution in [1.29, 1.82) is 0 Å². The normalized spacial score (nSPS) is 10.6. The molecule has 0 fully saturated rings. The molecule has 0 unspecified atom stereocenters. The Labute approximate surface area is 182 Å². The third-order valence-corrected chi connectivity index (χ3v) is 5.80. The Hall–Kier alpha value is -3.36. The number of rotatable bonds is 4. The number of methoxy groups -OCH3 is 1. The van der Waals surface area contributed by atoms with Gasteiger partial charge in [-0.05, 0) is 29.8 Å². The van der Waals surface area contributed by atoms with Crippen LogP contribution in [0, 0.1) is 0 Å². The van der Waals surface area contributed by atoms with Crippen molar-refractivity contribution in [2.75, 3.05) is 12.4 Å². The van der Waals surface area contributed by atoms with Crippen LogP contribution in [0.15, 0.2) is 72.8 Å². The van der Waals surface area contributed by atoms with Gasteiger partial charge in [-0.1, -0.05) is 72.7 Å². The minimum absolute atomic E-state index is 0.344. The molecule has 0 atom stereocenters. The van der Waals surface area contributed by atoms with E-state index in [0.717, 1.165) is 20.1 Å². The summed E-state index contributed by atoms with van der Waals surface area (Å²) >= 11 is 5.37. The zero-order valence-electron chi connectivity index (χ0n) is 15.9. The quantitative estimate of drug-likeness (QED) is 0.416. The molecule has 0 radical (unpaired) electrons. The second-order valence-corrected chi connectivity index (χ2v) is 7.69. The number of thiol groups is 1. The lowest BCUT2D eigenvalue weighted by Gasteiger charge is -2.13. The molecule has 30 heavy (non-hydrogen) atoms. The Morgan fingerprint density at radius 1 is 1.00 bits per heavy atom. The van der Waals surface area contributed by atoms with Crippen molar-refractivity contribution in [1.82, 2.24) is 9.29 Å². The van der Waals surface area contributed by atoms with Crippen molar-refractivity contribution < 1.29 is 14.3 Å². The molecule has 0 saturated carbocycles. The van der Waals surface area contributed by atoms with Crippen LogP contribution in [0.2, 0.25) is 0 Å². The lowest BCUT2D eigenvalue weighted by molar-refractivity contribution is 0.0902. The maximum atomic E-state index is 12.6. The van der Waals surface area contributed by atoms with E-state index in [4.69, 9.17) is 4.74 Å². The lowest BCUT2D eigenvalue weighted by atomic mass is 10.1. The summed E-state index contributed by atoms with van der Waals surface area (Å²) in [6.45, 7) is 0. The summed E-state index contributed by atoms with van der Waals surface area (Å²) < 4.78 is 7.04. The molecular formula is C22H17N3O3S2. The number of imide groups is 1. The summed E-state index contributed by atoms with van der Waals surface area (Å²) in [6, 6.07) is 21.5. The molecule has 0 spiro atoms. The number of urea groups is 1. The van der Waals surface area contributed by atoms with Gasteiger partial charge < -0.3 is 4.74 Å². The molecule has 1 aromatic heterocycles. The zero-order valence-corrected chi connectivity index (χ0v) is 17.6. The molecule has 8 heteroatoms. The Morgan fingerprint density at radius 3 is 2.33 bits per heavy atom. The van der Waals surface area contributed by atoms with Gasteiger partial charge in [0.15, 0.2) is 5.13 Å². The summed E-state index contributed by atoms with van der Waals surface area (Å²) in [6.07, 6.45) is 0.